The van der Waals surface area contributed by atoms with Crippen LogP contribution in [0.4, 0.5) is 5.69 Å². The lowest BCUT2D eigenvalue weighted by atomic mass is 10.2. The number of anilines is 1. The zero-order chi connectivity index (χ0) is 12.3. The number of nitriles is 1. The van der Waals surface area contributed by atoms with Crippen molar-refractivity contribution in [2.75, 3.05) is 5.73 Å². The maximum absolute atomic E-state index is 8.71. The van der Waals surface area contributed by atoms with Crippen molar-refractivity contribution in [3.05, 3.63) is 52.5 Å². The minimum absolute atomic E-state index is 0.665. The normalized spacial score (nSPS) is 9.88. The quantitative estimate of drug-likeness (QED) is 0.851. The lowest BCUT2D eigenvalue weighted by Gasteiger charge is -2.05. The summed E-state index contributed by atoms with van der Waals surface area (Å²) >= 11 is 4.96. The molecule has 0 unspecified atom stereocenters. The highest BCUT2D eigenvalue weighted by Gasteiger charge is 2.02. The summed E-state index contributed by atoms with van der Waals surface area (Å²) in [4.78, 5) is 2.08. The third-order valence-corrected chi connectivity index (χ3v) is 3.78. The molecule has 0 spiro atoms. The predicted molar refractivity (Wildman–Crippen MR) is 73.8 cm³/mol. The maximum atomic E-state index is 8.71. The molecule has 2 aromatic carbocycles. The van der Waals surface area contributed by atoms with Gasteiger partial charge in [0, 0.05) is 20.0 Å². The first kappa shape index (κ1) is 12.0. The van der Waals surface area contributed by atoms with Gasteiger partial charge in [0.25, 0.3) is 0 Å². The standard InChI is InChI=1S/C13H9BrN2S/c14-10-3-6-13(12(16)7-10)17-11-4-1-9(8-15)2-5-11/h1-7H,16H2. The highest BCUT2D eigenvalue weighted by atomic mass is 79.9. The molecule has 0 amide bonds. The van der Waals surface area contributed by atoms with Gasteiger partial charge < -0.3 is 5.73 Å². The van der Waals surface area contributed by atoms with Gasteiger partial charge in [-0.1, -0.05) is 27.7 Å². The van der Waals surface area contributed by atoms with Crippen molar-refractivity contribution < 1.29 is 0 Å². The van der Waals surface area contributed by atoms with E-state index in [-0.39, 0.29) is 0 Å². The smallest absolute Gasteiger partial charge is 0.0991 e. The van der Waals surface area contributed by atoms with Gasteiger partial charge in [-0.05, 0) is 42.5 Å². The highest BCUT2D eigenvalue weighted by molar-refractivity contribution is 9.10. The Kier molecular flexibility index (Phi) is 3.72. The highest BCUT2D eigenvalue weighted by Crippen LogP contribution is 2.33. The Bertz CT molecular complexity index is 573. The first-order chi connectivity index (χ1) is 8.19. The summed E-state index contributed by atoms with van der Waals surface area (Å²) in [6.07, 6.45) is 0. The van der Waals surface area contributed by atoms with Gasteiger partial charge in [-0.2, -0.15) is 5.26 Å². The van der Waals surface area contributed by atoms with Crippen LogP contribution < -0.4 is 5.73 Å². The lowest BCUT2D eigenvalue weighted by Crippen LogP contribution is -1.88. The molecular weight excluding hydrogens is 296 g/mol. The Morgan fingerprint density at radius 2 is 1.82 bits per heavy atom. The number of nitrogens with zero attached hydrogens (tertiary/aromatic N) is 1. The van der Waals surface area contributed by atoms with E-state index in [0.717, 1.165) is 20.0 Å². The van der Waals surface area contributed by atoms with E-state index in [9.17, 15) is 0 Å². The van der Waals surface area contributed by atoms with E-state index in [1.165, 1.54) is 0 Å². The van der Waals surface area contributed by atoms with Crippen LogP contribution in [0.25, 0.3) is 0 Å². The molecule has 0 radical (unpaired) electrons. The second kappa shape index (κ2) is 5.26. The van der Waals surface area contributed by atoms with E-state index in [4.69, 9.17) is 11.0 Å². The Hall–Kier alpha value is -1.44. The molecule has 0 aliphatic rings. The summed E-state index contributed by atoms with van der Waals surface area (Å²) in [6, 6.07) is 15.4. The first-order valence-corrected chi connectivity index (χ1v) is 6.53. The van der Waals surface area contributed by atoms with Crippen LogP contribution in [0, 0.1) is 11.3 Å². The number of nitrogens with two attached hydrogens (primary N) is 1. The van der Waals surface area contributed by atoms with Crippen LogP contribution in [0.2, 0.25) is 0 Å². The number of hydrogen-bond donors (Lipinski definition) is 1. The molecule has 4 heteroatoms. The molecule has 0 saturated carbocycles. The minimum atomic E-state index is 0.665. The average molecular weight is 305 g/mol. The lowest BCUT2D eigenvalue weighted by molar-refractivity contribution is 1.38. The van der Waals surface area contributed by atoms with Crippen molar-refractivity contribution in [3.8, 4) is 6.07 Å². The second-order valence-corrected chi connectivity index (χ2v) is 5.45. The molecule has 0 aromatic heterocycles. The van der Waals surface area contributed by atoms with Crippen molar-refractivity contribution in [2.45, 2.75) is 9.79 Å². The molecule has 0 aliphatic heterocycles. The van der Waals surface area contributed by atoms with E-state index >= 15 is 0 Å². The van der Waals surface area contributed by atoms with Crippen molar-refractivity contribution in [3.63, 3.8) is 0 Å². The molecule has 2 aromatic rings. The van der Waals surface area contributed by atoms with Crippen LogP contribution in [0.1, 0.15) is 5.56 Å². The van der Waals surface area contributed by atoms with E-state index in [0.29, 0.717) is 5.56 Å². The average Bonchev–Trinajstić information content (AvgIpc) is 2.34. The number of halogens is 1. The summed E-state index contributed by atoms with van der Waals surface area (Å²) in [5.41, 5.74) is 7.33. The van der Waals surface area contributed by atoms with Gasteiger partial charge in [0.15, 0.2) is 0 Å². The molecule has 0 bridgehead atoms. The fraction of sp³-hybridized carbons (Fsp3) is 0. The van der Waals surface area contributed by atoms with Gasteiger partial charge in [0.1, 0.15) is 0 Å². The number of hydrogen-bond acceptors (Lipinski definition) is 3. The number of benzene rings is 2. The summed E-state index contributed by atoms with van der Waals surface area (Å²) in [5.74, 6) is 0. The van der Waals surface area contributed by atoms with Gasteiger partial charge in [0.2, 0.25) is 0 Å². The van der Waals surface area contributed by atoms with E-state index in [2.05, 4.69) is 22.0 Å². The fourth-order valence-electron chi connectivity index (χ4n) is 1.34. The number of nitrogen functional groups attached to an aromatic ring is 1. The van der Waals surface area contributed by atoms with Crippen LogP contribution in [0.3, 0.4) is 0 Å². The zero-order valence-corrected chi connectivity index (χ0v) is 11.3. The molecule has 0 saturated heterocycles. The molecule has 0 fully saturated rings. The summed E-state index contributed by atoms with van der Waals surface area (Å²) in [7, 11) is 0. The second-order valence-electron chi connectivity index (χ2n) is 3.42. The third-order valence-electron chi connectivity index (χ3n) is 2.18. The van der Waals surface area contributed by atoms with Gasteiger partial charge in [-0.3, -0.25) is 0 Å². The maximum Gasteiger partial charge on any atom is 0.0991 e. The van der Waals surface area contributed by atoms with Crippen LogP contribution >= 0.6 is 27.7 Å². The Morgan fingerprint density at radius 1 is 1.12 bits per heavy atom. The molecule has 84 valence electrons. The van der Waals surface area contributed by atoms with Crippen molar-refractivity contribution >= 4 is 33.4 Å². The summed E-state index contributed by atoms with van der Waals surface area (Å²) in [6.45, 7) is 0. The predicted octanol–water partition coefficient (Wildman–Crippen LogP) is 4.05. The van der Waals surface area contributed by atoms with Crippen LogP contribution in [-0.4, -0.2) is 0 Å². The number of rotatable bonds is 2. The zero-order valence-electron chi connectivity index (χ0n) is 8.85. The molecule has 2 nitrogen and oxygen atoms in total. The molecule has 17 heavy (non-hydrogen) atoms. The SMILES string of the molecule is N#Cc1ccc(Sc2ccc(Br)cc2N)cc1. The molecule has 0 heterocycles. The summed E-state index contributed by atoms with van der Waals surface area (Å²) < 4.78 is 0.971. The van der Waals surface area contributed by atoms with Crippen molar-refractivity contribution in [2.24, 2.45) is 0 Å². The molecule has 0 atom stereocenters. The first-order valence-electron chi connectivity index (χ1n) is 4.92. The van der Waals surface area contributed by atoms with Gasteiger partial charge in [0.05, 0.1) is 11.6 Å². The van der Waals surface area contributed by atoms with Crippen LogP contribution in [0.5, 0.6) is 0 Å². The van der Waals surface area contributed by atoms with Crippen molar-refractivity contribution in [1.82, 2.24) is 0 Å². The molecular formula is C13H9BrN2S. The molecule has 2 N–H and O–H groups in total. The van der Waals surface area contributed by atoms with E-state index in [1.807, 2.05) is 30.3 Å². The van der Waals surface area contributed by atoms with Crippen LogP contribution in [-0.2, 0) is 0 Å². The Morgan fingerprint density at radius 3 is 2.41 bits per heavy atom. The minimum Gasteiger partial charge on any atom is -0.398 e. The monoisotopic (exact) mass is 304 g/mol. The van der Waals surface area contributed by atoms with Gasteiger partial charge >= 0.3 is 0 Å². The Labute approximate surface area is 113 Å². The van der Waals surface area contributed by atoms with Gasteiger partial charge in [-0.15, -0.1) is 0 Å². The van der Waals surface area contributed by atoms with E-state index in [1.54, 1.807) is 23.9 Å². The Balaban J connectivity index is 2.23. The third kappa shape index (κ3) is 3.02. The fourth-order valence-corrected chi connectivity index (χ4v) is 2.55. The largest absolute Gasteiger partial charge is 0.398 e. The van der Waals surface area contributed by atoms with Crippen molar-refractivity contribution in [1.29, 1.82) is 5.26 Å². The van der Waals surface area contributed by atoms with Crippen LogP contribution in [0.15, 0.2) is 56.7 Å². The topological polar surface area (TPSA) is 49.8 Å². The van der Waals surface area contributed by atoms with Gasteiger partial charge in [-0.25, -0.2) is 0 Å². The van der Waals surface area contributed by atoms with E-state index < -0.39 is 0 Å². The molecule has 2 rings (SSSR count). The summed E-state index contributed by atoms with van der Waals surface area (Å²) in [5, 5.41) is 8.71. The molecule has 0 aliphatic carbocycles.